The standard InChI is InChI=1S/C26H31N3O2/c1-19-16-24(20(2)29(19)23-8-4-3-5-9-23)26(31)27-17-21-11-13-22(14-12-21)18-28-15-7-6-10-25(28)30/h6-7,10-16,23H,3-5,8-9,17-18H2,1-2H3,(H,27,31). The van der Waals surface area contributed by atoms with Crippen LogP contribution in [0.4, 0.5) is 0 Å². The highest BCUT2D eigenvalue weighted by Crippen LogP contribution is 2.32. The number of benzene rings is 1. The van der Waals surface area contributed by atoms with Crippen LogP contribution >= 0.6 is 0 Å². The molecule has 4 rings (SSSR count). The van der Waals surface area contributed by atoms with Gasteiger partial charge in [-0.15, -0.1) is 0 Å². The summed E-state index contributed by atoms with van der Waals surface area (Å²) in [6.45, 7) is 5.20. The molecule has 1 saturated carbocycles. The lowest BCUT2D eigenvalue weighted by Gasteiger charge is -2.26. The molecule has 0 bridgehead atoms. The van der Waals surface area contributed by atoms with E-state index in [-0.39, 0.29) is 11.5 Å². The van der Waals surface area contributed by atoms with Crippen molar-refractivity contribution in [3.05, 3.63) is 93.2 Å². The molecule has 0 radical (unpaired) electrons. The smallest absolute Gasteiger partial charge is 0.253 e. The van der Waals surface area contributed by atoms with E-state index in [0.717, 1.165) is 22.4 Å². The average Bonchev–Trinajstić information content (AvgIpc) is 3.09. The Labute approximate surface area is 183 Å². The number of hydrogen-bond donors (Lipinski definition) is 1. The van der Waals surface area contributed by atoms with Crippen molar-refractivity contribution in [3.63, 3.8) is 0 Å². The van der Waals surface area contributed by atoms with E-state index in [9.17, 15) is 9.59 Å². The molecule has 5 heteroatoms. The van der Waals surface area contributed by atoms with E-state index in [1.54, 1.807) is 22.9 Å². The predicted octanol–water partition coefficient (Wildman–Crippen LogP) is 4.75. The number of rotatable bonds is 6. The molecular formula is C26H31N3O2. The van der Waals surface area contributed by atoms with Gasteiger partial charge in [0.05, 0.1) is 12.1 Å². The Morgan fingerprint density at radius 3 is 2.42 bits per heavy atom. The van der Waals surface area contributed by atoms with Crippen molar-refractivity contribution in [1.29, 1.82) is 0 Å². The first-order valence-corrected chi connectivity index (χ1v) is 11.2. The molecule has 0 saturated heterocycles. The minimum Gasteiger partial charge on any atom is -0.348 e. The van der Waals surface area contributed by atoms with Crippen molar-refractivity contribution in [1.82, 2.24) is 14.5 Å². The molecule has 0 unspecified atom stereocenters. The van der Waals surface area contributed by atoms with Crippen LogP contribution < -0.4 is 10.9 Å². The second kappa shape index (κ2) is 9.38. The second-order valence-electron chi connectivity index (χ2n) is 8.61. The molecule has 3 aromatic rings. The van der Waals surface area contributed by atoms with Crippen LogP contribution in [0.2, 0.25) is 0 Å². The third-order valence-corrected chi connectivity index (χ3v) is 6.40. The van der Waals surface area contributed by atoms with Crippen molar-refractivity contribution >= 4 is 5.91 Å². The third kappa shape index (κ3) is 4.82. The lowest BCUT2D eigenvalue weighted by molar-refractivity contribution is 0.0950. The molecule has 2 heterocycles. The maximum atomic E-state index is 12.9. The number of carbonyl (C=O) groups excluding carboxylic acids is 1. The quantitative estimate of drug-likeness (QED) is 0.629. The number of carbonyl (C=O) groups is 1. The highest BCUT2D eigenvalue weighted by molar-refractivity contribution is 5.95. The number of aromatic nitrogens is 2. The minimum absolute atomic E-state index is 0.00957. The van der Waals surface area contributed by atoms with Crippen LogP contribution in [-0.2, 0) is 13.1 Å². The van der Waals surface area contributed by atoms with Gasteiger partial charge in [0.15, 0.2) is 0 Å². The molecule has 0 atom stereocenters. The zero-order chi connectivity index (χ0) is 21.8. The molecule has 1 aliphatic rings. The molecule has 1 fully saturated rings. The zero-order valence-electron chi connectivity index (χ0n) is 18.4. The molecule has 1 amide bonds. The van der Waals surface area contributed by atoms with Crippen molar-refractivity contribution in [2.45, 2.75) is 65.1 Å². The van der Waals surface area contributed by atoms with Gasteiger partial charge in [0.1, 0.15) is 0 Å². The molecule has 2 aromatic heterocycles. The third-order valence-electron chi connectivity index (χ3n) is 6.40. The number of hydrogen-bond acceptors (Lipinski definition) is 2. The number of nitrogens with one attached hydrogen (secondary N) is 1. The SMILES string of the molecule is Cc1cc(C(=O)NCc2ccc(Cn3ccccc3=O)cc2)c(C)n1C1CCCCC1. The van der Waals surface area contributed by atoms with Crippen LogP contribution in [0.5, 0.6) is 0 Å². The van der Waals surface area contributed by atoms with E-state index in [0.29, 0.717) is 19.1 Å². The first-order valence-electron chi connectivity index (χ1n) is 11.2. The summed E-state index contributed by atoms with van der Waals surface area (Å²) < 4.78 is 4.05. The van der Waals surface area contributed by atoms with Crippen LogP contribution in [0.1, 0.15) is 71.0 Å². The van der Waals surface area contributed by atoms with Gasteiger partial charge in [-0.2, -0.15) is 0 Å². The van der Waals surface area contributed by atoms with Crippen LogP contribution in [0, 0.1) is 13.8 Å². The van der Waals surface area contributed by atoms with Crippen LogP contribution in [0.3, 0.4) is 0 Å². The van der Waals surface area contributed by atoms with Gasteiger partial charge in [-0.3, -0.25) is 9.59 Å². The van der Waals surface area contributed by atoms with E-state index < -0.39 is 0 Å². The number of nitrogens with zero attached hydrogens (tertiary/aromatic N) is 2. The molecule has 1 N–H and O–H groups in total. The van der Waals surface area contributed by atoms with Crippen LogP contribution in [0.25, 0.3) is 0 Å². The lowest BCUT2D eigenvalue weighted by Crippen LogP contribution is -2.24. The Kier molecular flexibility index (Phi) is 6.40. The summed E-state index contributed by atoms with van der Waals surface area (Å²) in [6, 6.07) is 15.8. The molecule has 0 aliphatic heterocycles. The Bertz CT molecular complexity index is 1100. The van der Waals surface area contributed by atoms with E-state index in [1.165, 1.54) is 37.8 Å². The van der Waals surface area contributed by atoms with Gasteiger partial charge in [0.2, 0.25) is 0 Å². The molecule has 1 aliphatic carbocycles. The van der Waals surface area contributed by atoms with Gasteiger partial charge in [-0.25, -0.2) is 0 Å². The first-order chi connectivity index (χ1) is 15.0. The number of aryl methyl sites for hydroxylation is 1. The second-order valence-corrected chi connectivity index (χ2v) is 8.61. The fourth-order valence-corrected chi connectivity index (χ4v) is 4.74. The Morgan fingerprint density at radius 1 is 1.00 bits per heavy atom. The van der Waals surface area contributed by atoms with Crippen molar-refractivity contribution in [2.75, 3.05) is 0 Å². The van der Waals surface area contributed by atoms with Gasteiger partial charge in [0.25, 0.3) is 11.5 Å². The molecule has 31 heavy (non-hydrogen) atoms. The zero-order valence-corrected chi connectivity index (χ0v) is 18.4. The summed E-state index contributed by atoms with van der Waals surface area (Å²) in [7, 11) is 0. The van der Waals surface area contributed by atoms with Crippen LogP contribution in [-0.4, -0.2) is 15.0 Å². The Hall–Kier alpha value is -3.08. The maximum absolute atomic E-state index is 12.9. The van der Waals surface area contributed by atoms with Gasteiger partial charge in [-0.1, -0.05) is 49.6 Å². The van der Waals surface area contributed by atoms with E-state index >= 15 is 0 Å². The molecule has 5 nitrogen and oxygen atoms in total. The molecule has 162 valence electrons. The van der Waals surface area contributed by atoms with Crippen molar-refractivity contribution in [3.8, 4) is 0 Å². The Morgan fingerprint density at radius 2 is 1.71 bits per heavy atom. The van der Waals surface area contributed by atoms with E-state index in [1.807, 2.05) is 36.4 Å². The maximum Gasteiger partial charge on any atom is 0.253 e. The van der Waals surface area contributed by atoms with Gasteiger partial charge in [-0.05, 0) is 49.9 Å². The van der Waals surface area contributed by atoms with Gasteiger partial charge in [0, 0.05) is 36.2 Å². The van der Waals surface area contributed by atoms with Crippen molar-refractivity contribution < 1.29 is 4.79 Å². The van der Waals surface area contributed by atoms with Crippen molar-refractivity contribution in [2.24, 2.45) is 0 Å². The summed E-state index contributed by atoms with van der Waals surface area (Å²) in [5, 5.41) is 3.07. The largest absolute Gasteiger partial charge is 0.348 e. The summed E-state index contributed by atoms with van der Waals surface area (Å²) in [5.41, 5.74) is 5.12. The number of amides is 1. The topological polar surface area (TPSA) is 56.0 Å². The summed E-state index contributed by atoms with van der Waals surface area (Å²) >= 11 is 0. The summed E-state index contributed by atoms with van der Waals surface area (Å²) in [4.78, 5) is 24.7. The fraction of sp³-hybridized carbons (Fsp3) is 0.385. The minimum atomic E-state index is -0.0185. The lowest BCUT2D eigenvalue weighted by atomic mass is 9.95. The average molecular weight is 418 g/mol. The normalized spacial score (nSPS) is 14.5. The van der Waals surface area contributed by atoms with Gasteiger partial charge < -0.3 is 14.5 Å². The van der Waals surface area contributed by atoms with E-state index in [4.69, 9.17) is 0 Å². The highest BCUT2D eigenvalue weighted by atomic mass is 16.1. The first kappa shape index (κ1) is 21.2. The molecule has 1 aromatic carbocycles. The fourth-order valence-electron chi connectivity index (χ4n) is 4.74. The van der Waals surface area contributed by atoms with E-state index in [2.05, 4.69) is 23.7 Å². The molecular weight excluding hydrogens is 386 g/mol. The highest BCUT2D eigenvalue weighted by Gasteiger charge is 2.22. The van der Waals surface area contributed by atoms with Crippen LogP contribution in [0.15, 0.2) is 59.5 Å². The predicted molar refractivity (Wildman–Crippen MR) is 123 cm³/mol. The summed E-state index contributed by atoms with van der Waals surface area (Å²) in [6.07, 6.45) is 8.08. The Balaban J connectivity index is 1.39. The van der Waals surface area contributed by atoms with Gasteiger partial charge >= 0.3 is 0 Å². The summed E-state index contributed by atoms with van der Waals surface area (Å²) in [5.74, 6) is -0.0185. The number of pyridine rings is 1. The monoisotopic (exact) mass is 417 g/mol. The molecule has 0 spiro atoms.